The van der Waals surface area contributed by atoms with Crippen LogP contribution in [0.5, 0.6) is 0 Å². The zero-order valence-corrected chi connectivity index (χ0v) is 12.2. The fourth-order valence-corrected chi connectivity index (χ4v) is 3.85. The van der Waals surface area contributed by atoms with Crippen LogP contribution in [0.25, 0.3) is 0 Å². The third-order valence-corrected chi connectivity index (χ3v) is 5.04. The Morgan fingerprint density at radius 3 is 2.78 bits per heavy atom. The summed E-state index contributed by atoms with van der Waals surface area (Å²) in [5, 5.41) is 4.62. The lowest BCUT2D eigenvalue weighted by atomic mass is 10.0. The van der Waals surface area contributed by atoms with Crippen LogP contribution in [0.2, 0.25) is 0 Å². The van der Waals surface area contributed by atoms with Crippen molar-refractivity contribution in [3.8, 4) is 0 Å². The van der Waals surface area contributed by atoms with Gasteiger partial charge in [-0.1, -0.05) is 50.1 Å². The summed E-state index contributed by atoms with van der Waals surface area (Å²) in [6.45, 7) is 3.44. The summed E-state index contributed by atoms with van der Waals surface area (Å²) in [7, 11) is 0. The van der Waals surface area contributed by atoms with Gasteiger partial charge in [0.15, 0.2) is 0 Å². The Bertz CT molecular complexity index is 319. The van der Waals surface area contributed by atoms with E-state index in [0.717, 1.165) is 5.25 Å². The maximum atomic E-state index is 3.79. The Hall–Kier alpha value is -0.470. The normalized spacial score (nSPS) is 21.7. The van der Waals surface area contributed by atoms with Crippen molar-refractivity contribution >= 4 is 11.8 Å². The largest absolute Gasteiger partial charge is 0.309 e. The molecule has 0 amide bonds. The highest BCUT2D eigenvalue weighted by molar-refractivity contribution is 7.99. The van der Waals surface area contributed by atoms with Crippen molar-refractivity contribution in [2.45, 2.75) is 50.3 Å². The van der Waals surface area contributed by atoms with Crippen molar-refractivity contribution < 1.29 is 0 Å². The highest BCUT2D eigenvalue weighted by atomic mass is 32.2. The third kappa shape index (κ3) is 4.33. The average Bonchev–Trinajstić information content (AvgIpc) is 2.45. The minimum atomic E-state index is 0.540. The molecule has 2 rings (SSSR count). The van der Waals surface area contributed by atoms with Gasteiger partial charge in [-0.15, -0.1) is 0 Å². The standard InChI is InChI=1S/C16H25NS/c1-2-8-16(14-9-4-3-5-10-14)17-13-15-11-6-7-12-18-15/h3-5,9-10,15-17H,2,6-8,11-13H2,1H3. The van der Waals surface area contributed by atoms with Crippen LogP contribution < -0.4 is 5.32 Å². The van der Waals surface area contributed by atoms with Crippen molar-refractivity contribution in [1.82, 2.24) is 5.32 Å². The van der Waals surface area contributed by atoms with Gasteiger partial charge in [-0.25, -0.2) is 0 Å². The zero-order chi connectivity index (χ0) is 12.6. The van der Waals surface area contributed by atoms with E-state index in [1.807, 2.05) is 0 Å². The number of thioether (sulfide) groups is 1. The van der Waals surface area contributed by atoms with Gasteiger partial charge >= 0.3 is 0 Å². The van der Waals surface area contributed by atoms with Gasteiger partial charge in [-0.05, 0) is 30.6 Å². The molecule has 2 heteroatoms. The van der Waals surface area contributed by atoms with E-state index in [9.17, 15) is 0 Å². The molecule has 0 radical (unpaired) electrons. The summed E-state index contributed by atoms with van der Waals surface area (Å²) < 4.78 is 0. The van der Waals surface area contributed by atoms with Gasteiger partial charge in [0.05, 0.1) is 0 Å². The molecule has 18 heavy (non-hydrogen) atoms. The molecule has 0 bridgehead atoms. The molecule has 2 atom stereocenters. The molecule has 1 saturated heterocycles. The molecule has 1 aliphatic heterocycles. The number of hydrogen-bond acceptors (Lipinski definition) is 2. The van der Waals surface area contributed by atoms with Gasteiger partial charge in [0.25, 0.3) is 0 Å². The van der Waals surface area contributed by atoms with Gasteiger partial charge in [0.1, 0.15) is 0 Å². The predicted molar refractivity (Wildman–Crippen MR) is 82.2 cm³/mol. The Morgan fingerprint density at radius 2 is 2.11 bits per heavy atom. The first-order valence-electron chi connectivity index (χ1n) is 7.30. The first kappa shape index (κ1) is 14.0. The van der Waals surface area contributed by atoms with Gasteiger partial charge in [-0.2, -0.15) is 11.8 Å². The Morgan fingerprint density at radius 1 is 1.28 bits per heavy atom. The molecule has 1 nitrogen and oxygen atoms in total. The molecule has 1 fully saturated rings. The lowest BCUT2D eigenvalue weighted by molar-refractivity contribution is 0.480. The van der Waals surface area contributed by atoms with E-state index in [4.69, 9.17) is 0 Å². The molecule has 1 aromatic carbocycles. The topological polar surface area (TPSA) is 12.0 Å². The second-order valence-electron chi connectivity index (χ2n) is 5.15. The Labute approximate surface area is 116 Å². The molecule has 0 aromatic heterocycles. The van der Waals surface area contributed by atoms with E-state index < -0.39 is 0 Å². The number of nitrogens with one attached hydrogen (secondary N) is 1. The van der Waals surface area contributed by atoms with Crippen LogP contribution >= 0.6 is 11.8 Å². The predicted octanol–water partition coefficient (Wildman–Crippen LogP) is 4.40. The Balaban J connectivity index is 1.86. The molecule has 1 aliphatic rings. The highest BCUT2D eigenvalue weighted by Crippen LogP contribution is 2.26. The van der Waals surface area contributed by atoms with Gasteiger partial charge < -0.3 is 5.32 Å². The smallest absolute Gasteiger partial charge is 0.0320 e. The molecule has 0 aliphatic carbocycles. The maximum Gasteiger partial charge on any atom is 0.0320 e. The molecular weight excluding hydrogens is 238 g/mol. The summed E-state index contributed by atoms with van der Waals surface area (Å²) in [6, 6.07) is 11.4. The number of rotatable bonds is 6. The highest BCUT2D eigenvalue weighted by Gasteiger charge is 2.16. The molecule has 1 N–H and O–H groups in total. The summed E-state index contributed by atoms with van der Waals surface area (Å²) in [5.41, 5.74) is 1.44. The quantitative estimate of drug-likeness (QED) is 0.816. The average molecular weight is 263 g/mol. The molecule has 0 saturated carbocycles. The van der Waals surface area contributed by atoms with Crippen LogP contribution in [0, 0.1) is 0 Å². The molecule has 1 aromatic rings. The second-order valence-corrected chi connectivity index (χ2v) is 6.56. The van der Waals surface area contributed by atoms with Crippen LogP contribution in [0.15, 0.2) is 30.3 Å². The van der Waals surface area contributed by atoms with Crippen LogP contribution in [0.3, 0.4) is 0 Å². The number of hydrogen-bond donors (Lipinski definition) is 1. The van der Waals surface area contributed by atoms with Gasteiger partial charge in [0.2, 0.25) is 0 Å². The van der Waals surface area contributed by atoms with E-state index >= 15 is 0 Å². The summed E-state index contributed by atoms with van der Waals surface area (Å²) in [5.74, 6) is 1.36. The summed E-state index contributed by atoms with van der Waals surface area (Å²) >= 11 is 2.16. The van der Waals surface area contributed by atoms with Crippen molar-refractivity contribution in [2.75, 3.05) is 12.3 Å². The maximum absolute atomic E-state index is 3.79. The van der Waals surface area contributed by atoms with E-state index in [0.29, 0.717) is 6.04 Å². The van der Waals surface area contributed by atoms with Crippen LogP contribution in [-0.4, -0.2) is 17.5 Å². The molecule has 2 unspecified atom stereocenters. The van der Waals surface area contributed by atoms with Crippen molar-refractivity contribution in [2.24, 2.45) is 0 Å². The minimum absolute atomic E-state index is 0.540. The lowest BCUT2D eigenvalue weighted by Crippen LogP contribution is -2.30. The fraction of sp³-hybridized carbons (Fsp3) is 0.625. The van der Waals surface area contributed by atoms with E-state index in [1.165, 1.54) is 50.0 Å². The molecule has 0 spiro atoms. The number of benzene rings is 1. The summed E-state index contributed by atoms with van der Waals surface area (Å²) in [6.07, 6.45) is 6.71. The van der Waals surface area contributed by atoms with Crippen LogP contribution in [0.1, 0.15) is 50.6 Å². The van der Waals surface area contributed by atoms with Crippen molar-refractivity contribution in [1.29, 1.82) is 0 Å². The minimum Gasteiger partial charge on any atom is -0.309 e. The zero-order valence-electron chi connectivity index (χ0n) is 11.4. The fourth-order valence-electron chi connectivity index (χ4n) is 2.60. The van der Waals surface area contributed by atoms with E-state index in [-0.39, 0.29) is 0 Å². The van der Waals surface area contributed by atoms with Gasteiger partial charge in [-0.3, -0.25) is 0 Å². The van der Waals surface area contributed by atoms with E-state index in [1.54, 1.807) is 0 Å². The monoisotopic (exact) mass is 263 g/mol. The van der Waals surface area contributed by atoms with E-state index in [2.05, 4.69) is 54.3 Å². The van der Waals surface area contributed by atoms with Crippen LogP contribution in [0.4, 0.5) is 0 Å². The molecule has 1 heterocycles. The van der Waals surface area contributed by atoms with Crippen molar-refractivity contribution in [3.05, 3.63) is 35.9 Å². The first-order valence-corrected chi connectivity index (χ1v) is 8.35. The summed E-state index contributed by atoms with van der Waals surface area (Å²) in [4.78, 5) is 0. The van der Waals surface area contributed by atoms with Gasteiger partial charge in [0, 0.05) is 17.8 Å². The second kappa shape index (κ2) is 7.85. The van der Waals surface area contributed by atoms with Crippen molar-refractivity contribution in [3.63, 3.8) is 0 Å². The molecule has 100 valence electrons. The van der Waals surface area contributed by atoms with Crippen LogP contribution in [-0.2, 0) is 0 Å². The molecular formula is C16H25NS. The third-order valence-electron chi connectivity index (χ3n) is 3.65. The SMILES string of the molecule is CCCC(NCC1CCCCS1)c1ccccc1. The first-order chi connectivity index (χ1) is 8.90. The Kier molecular flexibility index (Phi) is 6.09. The lowest BCUT2D eigenvalue weighted by Gasteiger charge is -2.25.